The minimum absolute atomic E-state index is 0. The Bertz CT molecular complexity index is 1940. The average Bonchev–Trinajstić information content (AvgIpc) is 1.73. The van der Waals surface area contributed by atoms with Crippen molar-refractivity contribution in [2.45, 2.75) is 421 Å². The molecular weight excluding hydrogens is 1140 g/mol. The van der Waals surface area contributed by atoms with Crippen LogP contribution in [0.4, 0.5) is 0 Å². The Hall–Kier alpha value is -2.07. The zero-order valence-electron chi connectivity index (χ0n) is 62.3. The summed E-state index contributed by atoms with van der Waals surface area (Å²) >= 11 is 0. The summed E-state index contributed by atoms with van der Waals surface area (Å²) in [5.74, 6) is 0. The van der Waals surface area contributed by atoms with E-state index in [0.717, 1.165) is 63.0 Å². The van der Waals surface area contributed by atoms with E-state index in [1.165, 1.54) is 372 Å². The minimum atomic E-state index is 0. The maximum atomic E-state index is 13.0. The zero-order valence-corrected chi connectivity index (χ0v) is 63.3. The molecule has 0 aliphatic carbocycles. The Morgan fingerprint density at radius 3 is 0.622 bits per heavy atom. The van der Waals surface area contributed by atoms with Gasteiger partial charge >= 0.3 is 16.5 Å². The molecule has 0 aromatic heterocycles. The largest absolute Gasteiger partial charge is 2.00 e. The normalized spacial score (nSPS) is 12.2. The second-order valence-corrected chi connectivity index (χ2v) is 27.7. The van der Waals surface area contributed by atoms with Crippen LogP contribution in [0.3, 0.4) is 0 Å². The van der Waals surface area contributed by atoms with Crippen molar-refractivity contribution in [1.29, 1.82) is 0 Å². The molecule has 0 saturated carbocycles. The Balaban J connectivity index is 0.00000827. The first-order valence-corrected chi connectivity index (χ1v) is 40.2. The van der Waals surface area contributed by atoms with Crippen LogP contribution in [0.2, 0.25) is 0 Å². The molecule has 90 heavy (non-hydrogen) atoms. The quantitative estimate of drug-likeness (QED) is 0.0360. The predicted octanol–water partition coefficient (Wildman–Crippen LogP) is 29.8. The number of allylic oxidation sites excluding steroid dienone is 2. The summed E-state index contributed by atoms with van der Waals surface area (Å²) in [4.78, 5) is 0. The Morgan fingerprint density at radius 1 is 0.244 bits per heavy atom. The molecule has 0 atom stereocenters. The van der Waals surface area contributed by atoms with Gasteiger partial charge in [-0.3, -0.25) is 0 Å². The van der Waals surface area contributed by atoms with Crippen LogP contribution in [-0.4, -0.2) is 31.9 Å². The number of benzene rings is 2. The number of hydrogen-bond acceptors (Lipinski definition) is 0. The molecule has 2 aromatic carbocycles. The molecule has 2 aromatic rings. The van der Waals surface area contributed by atoms with Gasteiger partial charge in [0.05, 0.1) is 0 Å². The molecule has 0 fully saturated rings. The van der Waals surface area contributed by atoms with E-state index in [2.05, 4.69) is 88.6 Å². The summed E-state index contributed by atoms with van der Waals surface area (Å²) < 4.78 is 1.74. The summed E-state index contributed by atoms with van der Waals surface area (Å²) in [6, 6.07) is 15.1. The molecule has 0 saturated heterocycles. The molecular formula is C85H154N4Ni. The van der Waals surface area contributed by atoms with Crippen molar-refractivity contribution in [1.82, 2.24) is 0 Å². The van der Waals surface area contributed by atoms with Crippen LogP contribution >= 0.6 is 0 Å². The monoisotopic (exact) mass is 1290 g/mol. The standard InChI is InChI=1S/C79H138N2.2C3H8N.Ni/c1-7-13-19-22-25-27-29-31-33-35-37-39-41-43-45-47-49-51-55-60-72-64-70(58-17-11-5)66-74(68-72)78-76(62-54-16-10-4)77(63-57-53-24-21-15-9-3)79(81(78)80)75-67-71(59-18-12-6)65-73(69-75)61-56-52-50-48-46-44-42-40-38-36-34-32-30-28-26-23-20-14-8-2;2*1-3-4-2;/h64-69H,7-63H2,1-6H3;2*3H2,1-2H3;/q;2*-1;+2. The van der Waals surface area contributed by atoms with E-state index in [0.29, 0.717) is 0 Å². The van der Waals surface area contributed by atoms with E-state index < -0.39 is 0 Å². The second kappa shape index (κ2) is 66.9. The van der Waals surface area contributed by atoms with Gasteiger partial charge in [0.25, 0.3) is 0 Å². The van der Waals surface area contributed by atoms with Crippen molar-refractivity contribution >= 4 is 11.4 Å². The molecule has 1 heterocycles. The SMILES string of the molecule is CCCCCCCCCCCCCCCCCCCCCc1cc(CCCC)cc(C2=C(CCCCC)C(CCCCCCCC)=C(c3cc(CCCC)cc(CCCCCCCCCCCCCCCCCCCCC)c3)[N+]2=[N-])c1.CC[N-]C.CC[N-]C.[Ni+2]. The van der Waals surface area contributed by atoms with Gasteiger partial charge in [-0.2, -0.15) is 27.2 Å². The summed E-state index contributed by atoms with van der Waals surface area (Å²) in [5, 5.41) is 7.47. The van der Waals surface area contributed by atoms with E-state index in [4.69, 9.17) is 0 Å². The first-order chi connectivity index (χ1) is 43.8. The third-order valence-corrected chi connectivity index (χ3v) is 19.2. The van der Waals surface area contributed by atoms with Gasteiger partial charge in [-0.15, -0.1) is 0 Å². The number of nitrogens with zero attached hydrogens (tertiary/aromatic N) is 4. The van der Waals surface area contributed by atoms with Crippen molar-refractivity contribution in [3.63, 3.8) is 0 Å². The van der Waals surface area contributed by atoms with E-state index in [1.54, 1.807) is 18.8 Å². The van der Waals surface area contributed by atoms with Crippen molar-refractivity contribution in [3.05, 3.63) is 97.1 Å². The van der Waals surface area contributed by atoms with Crippen LogP contribution in [0.15, 0.2) is 47.5 Å². The van der Waals surface area contributed by atoms with Gasteiger partial charge in [-0.25, -0.2) is 4.70 Å². The molecule has 3 rings (SSSR count). The first kappa shape index (κ1) is 87.9. The molecule has 0 bridgehead atoms. The van der Waals surface area contributed by atoms with E-state index in [9.17, 15) is 5.53 Å². The third kappa shape index (κ3) is 46.9. The fourth-order valence-corrected chi connectivity index (χ4v) is 13.4. The Kier molecular flexibility index (Phi) is 65.4. The Morgan fingerprint density at radius 2 is 0.411 bits per heavy atom. The fraction of sp³-hybridized carbons (Fsp3) is 0.812. The molecule has 0 N–H and O–H groups in total. The zero-order chi connectivity index (χ0) is 64.7. The van der Waals surface area contributed by atoms with Gasteiger partial charge in [0, 0.05) is 22.3 Å². The van der Waals surface area contributed by atoms with Gasteiger partial charge in [-0.1, -0.05) is 356 Å². The first-order valence-electron chi connectivity index (χ1n) is 40.2. The summed E-state index contributed by atoms with van der Waals surface area (Å²) in [6.45, 7) is 19.9. The van der Waals surface area contributed by atoms with E-state index >= 15 is 0 Å². The molecule has 524 valence electrons. The maximum Gasteiger partial charge on any atom is 2.00 e. The van der Waals surface area contributed by atoms with Gasteiger partial charge < -0.3 is 16.2 Å². The third-order valence-electron chi connectivity index (χ3n) is 19.2. The van der Waals surface area contributed by atoms with E-state index in [-0.39, 0.29) is 16.5 Å². The minimum Gasteiger partial charge on any atom is -0.665 e. The summed E-state index contributed by atoms with van der Waals surface area (Å²) in [5.41, 5.74) is 26.6. The van der Waals surface area contributed by atoms with Crippen LogP contribution < -0.4 is 0 Å². The van der Waals surface area contributed by atoms with Crippen molar-refractivity contribution in [2.24, 2.45) is 0 Å². The van der Waals surface area contributed by atoms with Crippen LogP contribution in [0.25, 0.3) is 27.6 Å². The predicted molar refractivity (Wildman–Crippen MR) is 404 cm³/mol. The number of unbranched alkanes of at least 4 members (excludes halogenated alkanes) is 45. The summed E-state index contributed by atoms with van der Waals surface area (Å²) in [6.07, 6.45) is 76.8. The molecule has 0 spiro atoms. The molecule has 1 aliphatic rings. The van der Waals surface area contributed by atoms with E-state index in [1.807, 2.05) is 13.8 Å². The number of rotatable bonds is 61. The smallest absolute Gasteiger partial charge is 0.665 e. The molecule has 4 nitrogen and oxygen atoms in total. The van der Waals surface area contributed by atoms with Crippen LogP contribution in [0.5, 0.6) is 0 Å². The van der Waals surface area contributed by atoms with Crippen LogP contribution in [0, 0.1) is 0 Å². The van der Waals surface area contributed by atoms with Gasteiger partial charge in [0.2, 0.25) is 11.4 Å². The molecule has 0 amide bonds. The van der Waals surface area contributed by atoms with Crippen molar-refractivity contribution < 1.29 is 21.2 Å². The fourth-order valence-electron chi connectivity index (χ4n) is 13.4. The molecule has 0 radical (unpaired) electrons. The van der Waals surface area contributed by atoms with Crippen molar-refractivity contribution in [2.75, 3.05) is 27.2 Å². The van der Waals surface area contributed by atoms with Crippen LogP contribution in [-0.2, 0) is 42.2 Å². The molecule has 0 unspecified atom stereocenters. The molecule has 5 heteroatoms. The maximum absolute atomic E-state index is 13.0. The topological polar surface area (TPSA) is 53.5 Å². The van der Waals surface area contributed by atoms with Gasteiger partial charge in [0.15, 0.2) is 0 Å². The second-order valence-electron chi connectivity index (χ2n) is 27.7. The van der Waals surface area contributed by atoms with Gasteiger partial charge in [-0.05, 0) is 124 Å². The van der Waals surface area contributed by atoms with Gasteiger partial charge in [0.1, 0.15) is 0 Å². The number of hydrogen-bond donors (Lipinski definition) is 0. The number of aryl methyl sites for hydroxylation is 4. The van der Waals surface area contributed by atoms with Crippen LogP contribution in [0.1, 0.15) is 429 Å². The summed E-state index contributed by atoms with van der Waals surface area (Å²) in [7, 11) is 3.61. The Labute approximate surface area is 574 Å². The average molecular weight is 1290 g/mol. The van der Waals surface area contributed by atoms with Crippen molar-refractivity contribution in [3.8, 4) is 0 Å². The molecule has 1 aliphatic heterocycles.